The van der Waals surface area contributed by atoms with E-state index >= 15 is 0 Å². The summed E-state index contributed by atoms with van der Waals surface area (Å²) in [7, 11) is 0. The van der Waals surface area contributed by atoms with E-state index in [4.69, 9.17) is 5.73 Å². The molecule has 0 spiro atoms. The van der Waals surface area contributed by atoms with Crippen molar-refractivity contribution in [3.05, 3.63) is 17.6 Å². The van der Waals surface area contributed by atoms with Crippen molar-refractivity contribution in [1.82, 2.24) is 4.98 Å². The maximum atomic E-state index is 6.34. The lowest BCUT2D eigenvalue weighted by Gasteiger charge is -2.25. The fourth-order valence-corrected chi connectivity index (χ4v) is 3.94. The van der Waals surface area contributed by atoms with Crippen LogP contribution in [0.2, 0.25) is 0 Å². The number of hydrogen-bond acceptors (Lipinski definition) is 4. The van der Waals surface area contributed by atoms with Crippen LogP contribution in [0.25, 0.3) is 10.2 Å². The summed E-state index contributed by atoms with van der Waals surface area (Å²) in [5.74, 6) is 1.64. The molecule has 1 aliphatic heterocycles. The molecule has 1 fully saturated rings. The third kappa shape index (κ3) is 2.49. The van der Waals surface area contributed by atoms with Gasteiger partial charge in [0, 0.05) is 13.1 Å². The van der Waals surface area contributed by atoms with E-state index in [2.05, 4.69) is 35.9 Å². The van der Waals surface area contributed by atoms with Gasteiger partial charge in [-0.2, -0.15) is 0 Å². The fraction of sp³-hybridized carbons (Fsp3) is 0.562. The number of thiazole rings is 1. The highest BCUT2D eigenvalue weighted by atomic mass is 32.1. The van der Waals surface area contributed by atoms with Crippen LogP contribution in [0.4, 0.5) is 11.4 Å². The summed E-state index contributed by atoms with van der Waals surface area (Å²) in [6, 6.07) is 4.33. The molecule has 20 heavy (non-hydrogen) atoms. The lowest BCUT2D eigenvalue weighted by Crippen LogP contribution is -2.25. The van der Waals surface area contributed by atoms with Crippen LogP contribution < -0.4 is 10.6 Å². The smallest absolute Gasteiger partial charge is 0.106 e. The number of anilines is 2. The Morgan fingerprint density at radius 1 is 1.30 bits per heavy atom. The van der Waals surface area contributed by atoms with Gasteiger partial charge in [0.25, 0.3) is 0 Å². The molecule has 3 nitrogen and oxygen atoms in total. The van der Waals surface area contributed by atoms with E-state index in [1.165, 1.54) is 29.6 Å². The minimum absolute atomic E-state index is 0.785. The molecule has 2 N–H and O–H groups in total. The maximum Gasteiger partial charge on any atom is 0.106 e. The SMILES string of the molecule is CC(C)C1CCCN(c2ccc3scnc3c2N)CC1. The van der Waals surface area contributed by atoms with E-state index in [9.17, 15) is 0 Å². The number of nitrogens with zero attached hydrogens (tertiary/aromatic N) is 2. The number of nitrogen functional groups attached to an aromatic ring is 1. The van der Waals surface area contributed by atoms with E-state index in [1.807, 2.05) is 5.51 Å². The number of hydrogen-bond donors (Lipinski definition) is 1. The van der Waals surface area contributed by atoms with Gasteiger partial charge in [-0.25, -0.2) is 4.98 Å². The number of nitrogens with two attached hydrogens (primary N) is 1. The molecular formula is C16H23N3S. The molecule has 1 aromatic carbocycles. The first kappa shape index (κ1) is 13.7. The lowest BCUT2D eigenvalue weighted by molar-refractivity contribution is 0.351. The normalized spacial score (nSPS) is 20.6. The van der Waals surface area contributed by atoms with Crippen LogP contribution in [0.15, 0.2) is 17.6 Å². The third-order valence-corrected chi connectivity index (χ3v) is 5.37. The summed E-state index contributed by atoms with van der Waals surface area (Å²) in [4.78, 5) is 6.86. The minimum Gasteiger partial charge on any atom is -0.395 e. The zero-order valence-corrected chi connectivity index (χ0v) is 13.1. The second-order valence-corrected chi connectivity index (χ2v) is 7.01. The molecule has 1 atom stereocenters. The van der Waals surface area contributed by atoms with E-state index in [0.29, 0.717) is 0 Å². The quantitative estimate of drug-likeness (QED) is 0.845. The van der Waals surface area contributed by atoms with Gasteiger partial charge in [-0.05, 0) is 43.2 Å². The maximum absolute atomic E-state index is 6.34. The van der Waals surface area contributed by atoms with Crippen molar-refractivity contribution in [2.45, 2.75) is 33.1 Å². The van der Waals surface area contributed by atoms with Gasteiger partial charge in [0.1, 0.15) is 5.52 Å². The van der Waals surface area contributed by atoms with E-state index in [-0.39, 0.29) is 0 Å². The van der Waals surface area contributed by atoms with Gasteiger partial charge in [-0.1, -0.05) is 13.8 Å². The first-order chi connectivity index (χ1) is 9.66. The summed E-state index contributed by atoms with van der Waals surface area (Å²) < 4.78 is 1.18. The molecule has 2 aromatic rings. The summed E-state index contributed by atoms with van der Waals surface area (Å²) in [6.07, 6.45) is 3.87. The highest BCUT2D eigenvalue weighted by molar-refractivity contribution is 7.16. The van der Waals surface area contributed by atoms with Crippen molar-refractivity contribution in [3.8, 4) is 0 Å². The third-order valence-electron chi connectivity index (χ3n) is 4.57. The van der Waals surface area contributed by atoms with Crippen LogP contribution in [0.5, 0.6) is 0 Å². The number of rotatable bonds is 2. The van der Waals surface area contributed by atoms with E-state index in [0.717, 1.165) is 36.1 Å². The Hall–Kier alpha value is -1.29. The molecule has 4 heteroatoms. The average Bonchev–Trinajstić information content (AvgIpc) is 2.77. The number of fused-ring (bicyclic) bond motifs is 1. The molecule has 0 amide bonds. The summed E-state index contributed by atoms with van der Waals surface area (Å²) in [6.45, 7) is 6.91. The molecule has 0 radical (unpaired) electrons. The Bertz CT molecular complexity index is 590. The minimum atomic E-state index is 0.785. The van der Waals surface area contributed by atoms with E-state index < -0.39 is 0 Å². The molecule has 0 aliphatic carbocycles. The van der Waals surface area contributed by atoms with Crippen molar-refractivity contribution in [2.75, 3.05) is 23.7 Å². The van der Waals surface area contributed by atoms with Gasteiger partial charge in [0.15, 0.2) is 0 Å². The second-order valence-electron chi connectivity index (χ2n) is 6.12. The largest absolute Gasteiger partial charge is 0.395 e. The number of benzene rings is 1. The average molecular weight is 289 g/mol. The van der Waals surface area contributed by atoms with Crippen LogP contribution in [0.3, 0.4) is 0 Å². The van der Waals surface area contributed by atoms with Crippen LogP contribution in [-0.4, -0.2) is 18.1 Å². The van der Waals surface area contributed by atoms with Gasteiger partial charge in [-0.15, -0.1) is 11.3 Å². The Labute approximate surface area is 124 Å². The van der Waals surface area contributed by atoms with Crippen molar-refractivity contribution in [2.24, 2.45) is 11.8 Å². The zero-order valence-electron chi connectivity index (χ0n) is 12.3. The Morgan fingerprint density at radius 2 is 2.15 bits per heavy atom. The molecule has 1 saturated heterocycles. The summed E-state index contributed by atoms with van der Waals surface area (Å²) in [5, 5.41) is 0. The van der Waals surface area contributed by atoms with Gasteiger partial charge in [0.05, 0.1) is 21.6 Å². The highest BCUT2D eigenvalue weighted by Gasteiger charge is 2.21. The molecule has 0 bridgehead atoms. The standard InChI is InChI=1S/C16H23N3S/c1-11(2)12-4-3-8-19(9-7-12)13-5-6-14-16(15(13)17)18-10-20-14/h5-6,10-12H,3-4,7-9,17H2,1-2H3. The molecule has 1 unspecified atom stereocenters. The molecule has 2 heterocycles. The Kier molecular flexibility index (Phi) is 3.83. The summed E-state index contributed by atoms with van der Waals surface area (Å²) >= 11 is 1.66. The predicted octanol–water partition coefficient (Wildman–Crippen LogP) is 4.14. The first-order valence-corrected chi connectivity index (χ1v) is 8.41. The number of aromatic nitrogens is 1. The Balaban J connectivity index is 1.85. The zero-order chi connectivity index (χ0) is 14.1. The van der Waals surface area contributed by atoms with Crippen molar-refractivity contribution < 1.29 is 0 Å². The fourth-order valence-electron chi connectivity index (χ4n) is 3.25. The second kappa shape index (κ2) is 5.60. The predicted molar refractivity (Wildman–Crippen MR) is 88.4 cm³/mol. The molecular weight excluding hydrogens is 266 g/mol. The van der Waals surface area contributed by atoms with Crippen molar-refractivity contribution in [3.63, 3.8) is 0 Å². The van der Waals surface area contributed by atoms with Crippen LogP contribution in [0.1, 0.15) is 33.1 Å². The first-order valence-electron chi connectivity index (χ1n) is 7.53. The van der Waals surface area contributed by atoms with Crippen LogP contribution in [-0.2, 0) is 0 Å². The molecule has 108 valence electrons. The van der Waals surface area contributed by atoms with E-state index in [1.54, 1.807) is 11.3 Å². The van der Waals surface area contributed by atoms with Gasteiger partial charge < -0.3 is 10.6 Å². The lowest BCUT2D eigenvalue weighted by atomic mass is 9.89. The molecule has 3 rings (SSSR count). The van der Waals surface area contributed by atoms with Crippen LogP contribution >= 0.6 is 11.3 Å². The monoisotopic (exact) mass is 289 g/mol. The van der Waals surface area contributed by atoms with Crippen LogP contribution in [0, 0.1) is 11.8 Å². The van der Waals surface area contributed by atoms with Gasteiger partial charge in [0.2, 0.25) is 0 Å². The Morgan fingerprint density at radius 3 is 2.95 bits per heavy atom. The van der Waals surface area contributed by atoms with Crippen molar-refractivity contribution >= 4 is 32.9 Å². The molecule has 1 aromatic heterocycles. The molecule has 1 aliphatic rings. The topological polar surface area (TPSA) is 42.2 Å². The van der Waals surface area contributed by atoms with Gasteiger partial charge >= 0.3 is 0 Å². The molecule has 0 saturated carbocycles. The summed E-state index contributed by atoms with van der Waals surface area (Å²) in [5.41, 5.74) is 11.2. The highest BCUT2D eigenvalue weighted by Crippen LogP contribution is 2.34. The van der Waals surface area contributed by atoms with Crippen molar-refractivity contribution in [1.29, 1.82) is 0 Å². The van der Waals surface area contributed by atoms with Gasteiger partial charge in [-0.3, -0.25) is 0 Å².